The highest BCUT2D eigenvalue weighted by Crippen LogP contribution is 2.26. The van der Waals surface area contributed by atoms with Crippen LogP contribution in [0.1, 0.15) is 17.1 Å². The van der Waals surface area contributed by atoms with Gasteiger partial charge in [0.05, 0.1) is 23.6 Å². The average molecular weight is 264 g/mol. The van der Waals surface area contributed by atoms with Gasteiger partial charge >= 0.3 is 0 Å². The third-order valence-corrected chi connectivity index (χ3v) is 3.10. The van der Waals surface area contributed by atoms with Crippen molar-refractivity contribution in [3.63, 3.8) is 0 Å². The minimum absolute atomic E-state index is 0.672. The molecule has 6 nitrogen and oxygen atoms in total. The third kappa shape index (κ3) is 3.02. The van der Waals surface area contributed by atoms with Crippen molar-refractivity contribution >= 4 is 0 Å². The molecular weight excluding hydrogens is 244 g/mol. The first-order valence-electron chi connectivity index (χ1n) is 6.29. The van der Waals surface area contributed by atoms with Crippen molar-refractivity contribution in [3.05, 3.63) is 23.1 Å². The van der Waals surface area contributed by atoms with Crippen LogP contribution in [0.2, 0.25) is 0 Å². The Labute approximate surface area is 112 Å². The van der Waals surface area contributed by atoms with Crippen LogP contribution in [0.25, 0.3) is 11.3 Å². The van der Waals surface area contributed by atoms with E-state index in [4.69, 9.17) is 9.26 Å². The van der Waals surface area contributed by atoms with Gasteiger partial charge in [-0.3, -0.25) is 4.68 Å². The number of aromatic nitrogens is 3. The Kier molecular flexibility index (Phi) is 4.34. The maximum absolute atomic E-state index is 5.41. The van der Waals surface area contributed by atoms with Gasteiger partial charge in [-0.05, 0) is 13.8 Å². The third-order valence-electron chi connectivity index (χ3n) is 3.10. The van der Waals surface area contributed by atoms with Gasteiger partial charge in [-0.15, -0.1) is 0 Å². The van der Waals surface area contributed by atoms with Crippen molar-refractivity contribution < 1.29 is 9.26 Å². The topological polar surface area (TPSA) is 65.1 Å². The van der Waals surface area contributed by atoms with E-state index in [2.05, 4.69) is 15.6 Å². The van der Waals surface area contributed by atoms with Crippen LogP contribution in [0.4, 0.5) is 0 Å². The minimum atomic E-state index is 0.672. The summed E-state index contributed by atoms with van der Waals surface area (Å²) in [6.45, 7) is 6.15. The Bertz CT molecular complexity index is 545. The molecule has 0 fully saturated rings. The maximum atomic E-state index is 5.41. The summed E-state index contributed by atoms with van der Waals surface area (Å²) in [5.41, 5.74) is 3.94. The SMILES string of the molecule is COCCNCc1cc(-c2c(C)nn(C)c2C)on1. The van der Waals surface area contributed by atoms with Crippen LogP contribution in [0.5, 0.6) is 0 Å². The van der Waals surface area contributed by atoms with Gasteiger partial charge in [-0.2, -0.15) is 5.10 Å². The van der Waals surface area contributed by atoms with Crippen LogP contribution < -0.4 is 5.32 Å². The van der Waals surface area contributed by atoms with E-state index in [9.17, 15) is 0 Å². The minimum Gasteiger partial charge on any atom is -0.383 e. The van der Waals surface area contributed by atoms with E-state index >= 15 is 0 Å². The summed E-state index contributed by atoms with van der Waals surface area (Å²) in [6, 6.07) is 1.96. The van der Waals surface area contributed by atoms with Crippen LogP contribution in [0, 0.1) is 13.8 Å². The zero-order chi connectivity index (χ0) is 13.8. The van der Waals surface area contributed by atoms with E-state index in [0.29, 0.717) is 13.2 Å². The normalized spacial score (nSPS) is 11.2. The highest BCUT2D eigenvalue weighted by atomic mass is 16.5. The molecule has 0 aliphatic rings. The molecule has 2 aromatic heterocycles. The molecule has 19 heavy (non-hydrogen) atoms. The zero-order valence-corrected chi connectivity index (χ0v) is 11.9. The number of ether oxygens (including phenoxy) is 1. The van der Waals surface area contributed by atoms with Crippen LogP contribution in [-0.2, 0) is 18.3 Å². The zero-order valence-electron chi connectivity index (χ0n) is 11.9. The lowest BCUT2D eigenvalue weighted by Gasteiger charge is -1.99. The molecule has 0 aliphatic carbocycles. The summed E-state index contributed by atoms with van der Waals surface area (Å²) in [5.74, 6) is 0.770. The van der Waals surface area contributed by atoms with Crippen molar-refractivity contribution in [3.8, 4) is 11.3 Å². The van der Waals surface area contributed by atoms with Crippen LogP contribution in [-0.4, -0.2) is 35.2 Å². The molecule has 0 amide bonds. The second-order valence-electron chi connectivity index (χ2n) is 4.52. The number of hydrogen-bond donors (Lipinski definition) is 1. The fourth-order valence-electron chi connectivity index (χ4n) is 2.03. The van der Waals surface area contributed by atoms with Crippen molar-refractivity contribution in [2.24, 2.45) is 7.05 Å². The van der Waals surface area contributed by atoms with Gasteiger partial charge in [0.25, 0.3) is 0 Å². The number of methoxy groups -OCH3 is 1. The molecule has 0 saturated heterocycles. The first-order valence-corrected chi connectivity index (χ1v) is 6.29. The molecule has 104 valence electrons. The summed E-state index contributed by atoms with van der Waals surface area (Å²) in [7, 11) is 3.61. The molecule has 0 aromatic carbocycles. The van der Waals surface area contributed by atoms with Crippen LogP contribution >= 0.6 is 0 Å². The lowest BCUT2D eigenvalue weighted by Crippen LogP contribution is -2.18. The molecular formula is C13H20N4O2. The van der Waals surface area contributed by atoms with Gasteiger partial charge in [-0.1, -0.05) is 5.16 Å². The number of nitrogens with one attached hydrogen (secondary N) is 1. The number of aryl methyl sites for hydroxylation is 2. The first kappa shape index (κ1) is 13.8. The fourth-order valence-corrected chi connectivity index (χ4v) is 2.03. The van der Waals surface area contributed by atoms with E-state index < -0.39 is 0 Å². The molecule has 6 heteroatoms. The summed E-state index contributed by atoms with van der Waals surface area (Å²) >= 11 is 0. The molecule has 2 heterocycles. The molecule has 2 rings (SSSR count). The van der Waals surface area contributed by atoms with Crippen molar-refractivity contribution in [1.82, 2.24) is 20.3 Å². The molecule has 2 aromatic rings. The average Bonchev–Trinajstić information content (AvgIpc) is 2.91. The summed E-state index contributed by atoms with van der Waals surface area (Å²) in [6.07, 6.45) is 0. The lowest BCUT2D eigenvalue weighted by atomic mass is 10.1. The number of nitrogens with zero attached hydrogens (tertiary/aromatic N) is 3. The van der Waals surface area contributed by atoms with Crippen LogP contribution in [0.3, 0.4) is 0 Å². The molecule has 0 aliphatic heterocycles. The second kappa shape index (κ2) is 5.99. The predicted molar refractivity (Wildman–Crippen MR) is 71.8 cm³/mol. The Morgan fingerprint density at radius 1 is 1.42 bits per heavy atom. The summed E-state index contributed by atoms with van der Waals surface area (Å²) < 4.78 is 12.2. The molecule has 0 unspecified atom stereocenters. The highest BCUT2D eigenvalue weighted by molar-refractivity contribution is 5.63. The van der Waals surface area contributed by atoms with E-state index in [-0.39, 0.29) is 0 Å². The van der Waals surface area contributed by atoms with Gasteiger partial charge in [0.15, 0.2) is 5.76 Å². The fraction of sp³-hybridized carbons (Fsp3) is 0.538. The molecule has 0 radical (unpaired) electrons. The van der Waals surface area contributed by atoms with Crippen molar-refractivity contribution in [2.75, 3.05) is 20.3 Å². The van der Waals surface area contributed by atoms with Gasteiger partial charge in [-0.25, -0.2) is 0 Å². The Hall–Kier alpha value is -1.66. The molecule has 0 atom stereocenters. The first-order chi connectivity index (χ1) is 9.13. The summed E-state index contributed by atoms with van der Waals surface area (Å²) in [5, 5.41) is 11.7. The molecule has 0 saturated carbocycles. The van der Waals surface area contributed by atoms with Gasteiger partial charge in [0.2, 0.25) is 0 Å². The van der Waals surface area contributed by atoms with E-state index in [0.717, 1.165) is 35.0 Å². The van der Waals surface area contributed by atoms with Gasteiger partial charge < -0.3 is 14.6 Å². The number of rotatable bonds is 6. The second-order valence-corrected chi connectivity index (χ2v) is 4.52. The Morgan fingerprint density at radius 3 is 2.84 bits per heavy atom. The Morgan fingerprint density at radius 2 is 2.21 bits per heavy atom. The van der Waals surface area contributed by atoms with E-state index in [1.807, 2.05) is 31.6 Å². The molecule has 1 N–H and O–H groups in total. The molecule has 0 spiro atoms. The van der Waals surface area contributed by atoms with E-state index in [1.165, 1.54) is 0 Å². The highest BCUT2D eigenvalue weighted by Gasteiger charge is 2.16. The van der Waals surface area contributed by atoms with Crippen LogP contribution in [0.15, 0.2) is 10.6 Å². The largest absolute Gasteiger partial charge is 0.383 e. The smallest absolute Gasteiger partial charge is 0.170 e. The number of hydrogen-bond acceptors (Lipinski definition) is 5. The molecule has 0 bridgehead atoms. The van der Waals surface area contributed by atoms with E-state index in [1.54, 1.807) is 7.11 Å². The Balaban J connectivity index is 2.08. The summed E-state index contributed by atoms with van der Waals surface area (Å²) in [4.78, 5) is 0. The lowest BCUT2D eigenvalue weighted by molar-refractivity contribution is 0.199. The van der Waals surface area contributed by atoms with Gasteiger partial charge in [0.1, 0.15) is 0 Å². The monoisotopic (exact) mass is 264 g/mol. The van der Waals surface area contributed by atoms with Gasteiger partial charge in [0, 0.05) is 39.0 Å². The van der Waals surface area contributed by atoms with Crippen molar-refractivity contribution in [2.45, 2.75) is 20.4 Å². The standard InChI is InChI=1S/C13H20N4O2/c1-9-13(10(2)17(3)15-9)12-7-11(16-19-12)8-14-5-6-18-4/h7,14H,5-6,8H2,1-4H3. The predicted octanol–water partition coefficient (Wildman–Crippen LogP) is 1.43. The van der Waals surface area contributed by atoms with Crippen molar-refractivity contribution in [1.29, 1.82) is 0 Å². The maximum Gasteiger partial charge on any atom is 0.170 e. The quantitative estimate of drug-likeness (QED) is 0.799.